The molecule has 0 aliphatic heterocycles. The van der Waals surface area contributed by atoms with Crippen molar-refractivity contribution in [1.82, 2.24) is 5.32 Å². The fourth-order valence-electron chi connectivity index (χ4n) is 1.48. The van der Waals surface area contributed by atoms with E-state index in [4.69, 9.17) is 29.6 Å². The molecule has 1 aromatic rings. The first-order chi connectivity index (χ1) is 8.91. The first kappa shape index (κ1) is 15.7. The minimum absolute atomic E-state index is 0.0810. The van der Waals surface area contributed by atoms with Gasteiger partial charge in [0.25, 0.3) is 0 Å². The number of amides is 1. The van der Waals surface area contributed by atoms with E-state index in [1.165, 1.54) is 0 Å². The third-order valence-corrected chi connectivity index (χ3v) is 2.93. The topological polar surface area (TPSA) is 67.2 Å². The van der Waals surface area contributed by atoms with Gasteiger partial charge in [-0.15, -0.1) is 0 Å². The van der Waals surface area contributed by atoms with Gasteiger partial charge in [0.1, 0.15) is 4.99 Å². The summed E-state index contributed by atoms with van der Waals surface area (Å²) in [6, 6.07) is 5.27. The van der Waals surface area contributed by atoms with Crippen molar-refractivity contribution in [3.05, 3.63) is 28.8 Å². The molecule has 1 aromatic carbocycles. The number of thiocarbonyl (C=S) groups is 1. The molecule has 0 atom stereocenters. The molecule has 0 fully saturated rings. The zero-order chi connectivity index (χ0) is 14.4. The van der Waals surface area contributed by atoms with Crippen LogP contribution >= 0.6 is 23.8 Å². The molecule has 104 valence electrons. The molecule has 0 heterocycles. The zero-order valence-corrected chi connectivity index (χ0v) is 12.6. The smallest absolute Gasteiger partial charge is 0.239 e. The van der Waals surface area contributed by atoms with Crippen molar-refractivity contribution in [1.29, 1.82) is 0 Å². The summed E-state index contributed by atoms with van der Waals surface area (Å²) >= 11 is 11.0. The minimum atomic E-state index is -0.0810. The summed E-state index contributed by atoms with van der Waals surface area (Å²) in [7, 11) is 0. The Kier molecular flexibility index (Phi) is 6.05. The first-order valence-corrected chi connectivity index (χ1v) is 6.79. The maximum Gasteiger partial charge on any atom is 0.239 e. The van der Waals surface area contributed by atoms with Gasteiger partial charge >= 0.3 is 0 Å². The molecule has 0 spiro atoms. The molecule has 1 amide bonds. The maximum absolute atomic E-state index is 11.6. The Morgan fingerprint density at radius 1 is 1.47 bits per heavy atom. The summed E-state index contributed by atoms with van der Waals surface area (Å²) in [5, 5.41) is 6.28. The Hall–Kier alpha value is -1.33. The number of hydrogen-bond acceptors (Lipinski definition) is 3. The Morgan fingerprint density at radius 2 is 2.16 bits per heavy atom. The molecule has 0 radical (unpaired) electrons. The number of halogens is 1. The summed E-state index contributed by atoms with van der Waals surface area (Å²) in [6.45, 7) is 4.88. The summed E-state index contributed by atoms with van der Waals surface area (Å²) in [5.41, 5.74) is 6.86. The van der Waals surface area contributed by atoms with Crippen molar-refractivity contribution in [2.75, 3.05) is 18.4 Å². The van der Waals surface area contributed by atoms with Crippen molar-refractivity contribution in [3.8, 4) is 0 Å². The molecular formula is C13H18ClN3OS. The third kappa shape index (κ3) is 5.04. The van der Waals surface area contributed by atoms with Crippen LogP contribution in [0.15, 0.2) is 18.2 Å². The molecule has 1 rings (SSSR count). The highest BCUT2D eigenvalue weighted by Gasteiger charge is 2.10. The van der Waals surface area contributed by atoms with Gasteiger partial charge in [-0.3, -0.25) is 4.79 Å². The molecule has 0 aromatic heterocycles. The average molecular weight is 300 g/mol. The number of nitrogens with two attached hydrogens (primary N) is 1. The van der Waals surface area contributed by atoms with Crippen LogP contribution in [0.25, 0.3) is 0 Å². The van der Waals surface area contributed by atoms with E-state index in [1.807, 2.05) is 13.8 Å². The lowest BCUT2D eigenvalue weighted by Gasteiger charge is -2.13. The summed E-state index contributed by atoms with van der Waals surface area (Å²) < 4.78 is 0. The van der Waals surface area contributed by atoms with Gasteiger partial charge < -0.3 is 16.4 Å². The van der Waals surface area contributed by atoms with E-state index in [-0.39, 0.29) is 17.4 Å². The summed E-state index contributed by atoms with van der Waals surface area (Å²) in [6.07, 6.45) is 0. The van der Waals surface area contributed by atoms with Gasteiger partial charge in [0.15, 0.2) is 0 Å². The molecule has 0 saturated heterocycles. The molecule has 6 heteroatoms. The Labute approximate surface area is 123 Å². The molecule has 19 heavy (non-hydrogen) atoms. The monoisotopic (exact) mass is 299 g/mol. The predicted molar refractivity (Wildman–Crippen MR) is 83.7 cm³/mol. The highest BCUT2D eigenvalue weighted by molar-refractivity contribution is 7.80. The van der Waals surface area contributed by atoms with Gasteiger partial charge in [0, 0.05) is 12.2 Å². The fourth-order valence-corrected chi connectivity index (χ4v) is 2.03. The van der Waals surface area contributed by atoms with Gasteiger partial charge in [-0.25, -0.2) is 0 Å². The lowest BCUT2D eigenvalue weighted by molar-refractivity contribution is -0.119. The standard InChI is InChI=1S/C13H18ClN3OS/c1-8(2)6-17-11(18)7-16-10-5-3-4-9(14)12(10)13(15)19/h3-5,8,16H,6-7H2,1-2H3,(H2,15,19)(H,17,18). The van der Waals surface area contributed by atoms with Crippen LogP contribution in [0, 0.1) is 5.92 Å². The number of carbonyl (C=O) groups excluding carboxylic acids is 1. The normalized spacial score (nSPS) is 10.3. The SMILES string of the molecule is CC(C)CNC(=O)CNc1cccc(Cl)c1C(N)=S. The minimum Gasteiger partial charge on any atom is -0.389 e. The van der Waals surface area contributed by atoms with E-state index in [2.05, 4.69) is 10.6 Å². The highest BCUT2D eigenvalue weighted by Crippen LogP contribution is 2.23. The molecule has 4 N–H and O–H groups in total. The second kappa shape index (κ2) is 7.31. The van der Waals surface area contributed by atoms with Crippen LogP contribution in [0.4, 0.5) is 5.69 Å². The number of rotatable bonds is 6. The van der Waals surface area contributed by atoms with Crippen molar-refractivity contribution in [2.24, 2.45) is 11.7 Å². The maximum atomic E-state index is 11.6. The van der Waals surface area contributed by atoms with E-state index in [1.54, 1.807) is 18.2 Å². The van der Waals surface area contributed by atoms with Crippen LogP contribution in [0.1, 0.15) is 19.4 Å². The lowest BCUT2D eigenvalue weighted by atomic mass is 10.1. The highest BCUT2D eigenvalue weighted by atomic mass is 35.5. The number of hydrogen-bond donors (Lipinski definition) is 3. The summed E-state index contributed by atoms with van der Waals surface area (Å²) in [4.78, 5) is 11.8. The van der Waals surface area contributed by atoms with Gasteiger partial charge in [-0.05, 0) is 18.1 Å². The van der Waals surface area contributed by atoms with Crippen LogP contribution < -0.4 is 16.4 Å². The Balaban J connectivity index is 2.65. The molecule has 0 bridgehead atoms. The molecule has 4 nitrogen and oxygen atoms in total. The zero-order valence-electron chi connectivity index (χ0n) is 11.0. The van der Waals surface area contributed by atoms with E-state index < -0.39 is 0 Å². The quantitative estimate of drug-likeness (QED) is 0.704. The number of nitrogens with one attached hydrogen (secondary N) is 2. The Bertz CT molecular complexity index is 477. The van der Waals surface area contributed by atoms with Crippen LogP contribution in [0.2, 0.25) is 5.02 Å². The second-order valence-corrected chi connectivity index (χ2v) is 5.43. The second-order valence-electron chi connectivity index (χ2n) is 4.58. The van der Waals surface area contributed by atoms with Gasteiger partial charge in [-0.1, -0.05) is 43.7 Å². The van der Waals surface area contributed by atoms with Crippen molar-refractivity contribution >= 4 is 40.4 Å². The average Bonchev–Trinajstić information content (AvgIpc) is 2.33. The lowest BCUT2D eigenvalue weighted by Crippen LogP contribution is -2.32. The number of anilines is 1. The van der Waals surface area contributed by atoms with Crippen molar-refractivity contribution in [3.63, 3.8) is 0 Å². The summed E-state index contributed by atoms with van der Waals surface area (Å²) in [5.74, 6) is 0.338. The largest absolute Gasteiger partial charge is 0.389 e. The molecular weight excluding hydrogens is 282 g/mol. The van der Waals surface area contributed by atoms with Crippen LogP contribution in [0.3, 0.4) is 0 Å². The molecule has 0 aliphatic rings. The van der Waals surface area contributed by atoms with Gasteiger partial charge in [0.05, 0.1) is 17.1 Å². The molecule has 0 saturated carbocycles. The van der Waals surface area contributed by atoms with Crippen LogP contribution in [-0.2, 0) is 4.79 Å². The van der Waals surface area contributed by atoms with Gasteiger partial charge in [-0.2, -0.15) is 0 Å². The van der Waals surface area contributed by atoms with Crippen LogP contribution in [0.5, 0.6) is 0 Å². The van der Waals surface area contributed by atoms with E-state index >= 15 is 0 Å². The fraction of sp³-hybridized carbons (Fsp3) is 0.385. The van der Waals surface area contributed by atoms with Crippen LogP contribution in [-0.4, -0.2) is 24.0 Å². The van der Waals surface area contributed by atoms with Crippen molar-refractivity contribution in [2.45, 2.75) is 13.8 Å². The predicted octanol–water partition coefficient (Wildman–Crippen LogP) is 2.16. The molecule has 0 unspecified atom stereocenters. The first-order valence-electron chi connectivity index (χ1n) is 6.00. The van der Waals surface area contributed by atoms with E-state index in [9.17, 15) is 4.79 Å². The Morgan fingerprint density at radius 3 is 2.74 bits per heavy atom. The number of carbonyl (C=O) groups is 1. The van der Waals surface area contributed by atoms with Gasteiger partial charge in [0.2, 0.25) is 5.91 Å². The van der Waals surface area contributed by atoms with E-state index in [0.717, 1.165) is 0 Å². The van der Waals surface area contributed by atoms with Crippen molar-refractivity contribution < 1.29 is 4.79 Å². The van der Waals surface area contributed by atoms with E-state index in [0.29, 0.717) is 28.7 Å². The molecule has 0 aliphatic carbocycles. The number of benzene rings is 1. The third-order valence-electron chi connectivity index (χ3n) is 2.41.